The zero-order chi connectivity index (χ0) is 13.9. The summed E-state index contributed by atoms with van der Waals surface area (Å²) in [4.78, 5) is 8.55. The summed E-state index contributed by atoms with van der Waals surface area (Å²) < 4.78 is 0. The summed E-state index contributed by atoms with van der Waals surface area (Å²) in [6.45, 7) is 2.08. The molecule has 0 fully saturated rings. The Morgan fingerprint density at radius 2 is 1.95 bits per heavy atom. The third-order valence-electron chi connectivity index (χ3n) is 3.36. The van der Waals surface area contributed by atoms with E-state index in [4.69, 9.17) is 5.73 Å². The van der Waals surface area contributed by atoms with Gasteiger partial charge in [-0.05, 0) is 37.3 Å². The van der Waals surface area contributed by atoms with E-state index in [1.807, 2.05) is 42.6 Å². The van der Waals surface area contributed by atoms with Crippen LogP contribution in [0.1, 0.15) is 18.7 Å². The molecule has 1 unspecified atom stereocenters. The fraction of sp³-hybridized carbons (Fsp3) is 0.125. The zero-order valence-electron chi connectivity index (χ0n) is 11.2. The number of hydrogen-bond donors (Lipinski definition) is 2. The lowest BCUT2D eigenvalue weighted by Gasteiger charge is -2.17. The Morgan fingerprint density at radius 3 is 2.75 bits per heavy atom. The first-order chi connectivity index (χ1) is 9.75. The quantitative estimate of drug-likeness (QED) is 0.712. The Bertz CT molecular complexity index is 725. The van der Waals surface area contributed by atoms with Crippen molar-refractivity contribution in [3.63, 3.8) is 0 Å². The van der Waals surface area contributed by atoms with E-state index in [1.165, 1.54) is 0 Å². The second-order valence-corrected chi connectivity index (χ2v) is 4.74. The Balaban J connectivity index is 1.97. The largest absolute Gasteiger partial charge is 0.398 e. The number of nitrogen functional groups attached to an aromatic ring is 1. The molecule has 0 aliphatic heterocycles. The number of aromatic nitrogens is 2. The fourth-order valence-electron chi connectivity index (χ4n) is 2.28. The number of pyridine rings is 2. The van der Waals surface area contributed by atoms with Gasteiger partial charge in [0, 0.05) is 40.7 Å². The maximum absolute atomic E-state index is 6.00. The Morgan fingerprint density at radius 1 is 1.05 bits per heavy atom. The van der Waals surface area contributed by atoms with E-state index >= 15 is 0 Å². The van der Waals surface area contributed by atoms with Gasteiger partial charge < -0.3 is 11.1 Å². The van der Waals surface area contributed by atoms with Crippen molar-refractivity contribution in [2.24, 2.45) is 0 Å². The molecule has 0 amide bonds. The van der Waals surface area contributed by atoms with Crippen LogP contribution < -0.4 is 11.1 Å². The van der Waals surface area contributed by atoms with Crippen LogP contribution in [0.5, 0.6) is 0 Å². The van der Waals surface area contributed by atoms with Crippen LogP contribution >= 0.6 is 0 Å². The van der Waals surface area contributed by atoms with Gasteiger partial charge in [0.05, 0.1) is 11.7 Å². The monoisotopic (exact) mass is 264 g/mol. The molecule has 3 aromatic rings. The predicted octanol–water partition coefficient (Wildman–Crippen LogP) is 3.39. The van der Waals surface area contributed by atoms with Crippen molar-refractivity contribution in [3.05, 3.63) is 60.7 Å². The Kier molecular flexibility index (Phi) is 3.21. The summed E-state index contributed by atoms with van der Waals surface area (Å²) in [5, 5.41) is 5.51. The molecule has 3 N–H and O–H groups in total. The third kappa shape index (κ3) is 2.28. The number of fused-ring (bicyclic) bond motifs is 1. The molecule has 0 aliphatic carbocycles. The van der Waals surface area contributed by atoms with Gasteiger partial charge in [0.2, 0.25) is 0 Å². The Hall–Kier alpha value is -2.62. The maximum atomic E-state index is 6.00. The molecular formula is C16H16N4. The molecule has 0 bridgehead atoms. The highest BCUT2D eigenvalue weighted by atomic mass is 14.9. The highest BCUT2D eigenvalue weighted by molar-refractivity contribution is 6.00. The average molecular weight is 264 g/mol. The summed E-state index contributed by atoms with van der Waals surface area (Å²) in [5.74, 6) is 0. The van der Waals surface area contributed by atoms with Gasteiger partial charge in [-0.3, -0.25) is 9.97 Å². The average Bonchev–Trinajstić information content (AvgIpc) is 2.51. The molecule has 0 radical (unpaired) electrons. The number of benzene rings is 1. The molecule has 1 aromatic carbocycles. The van der Waals surface area contributed by atoms with Crippen molar-refractivity contribution in [1.29, 1.82) is 0 Å². The van der Waals surface area contributed by atoms with E-state index in [-0.39, 0.29) is 6.04 Å². The van der Waals surface area contributed by atoms with E-state index in [1.54, 1.807) is 12.4 Å². The second kappa shape index (κ2) is 5.17. The highest BCUT2D eigenvalue weighted by Gasteiger charge is 2.09. The van der Waals surface area contributed by atoms with Crippen molar-refractivity contribution < 1.29 is 0 Å². The van der Waals surface area contributed by atoms with E-state index in [0.29, 0.717) is 0 Å². The van der Waals surface area contributed by atoms with E-state index in [9.17, 15) is 0 Å². The second-order valence-electron chi connectivity index (χ2n) is 4.74. The van der Waals surface area contributed by atoms with Crippen molar-refractivity contribution in [1.82, 2.24) is 9.97 Å². The van der Waals surface area contributed by atoms with Gasteiger partial charge in [0.25, 0.3) is 0 Å². The van der Waals surface area contributed by atoms with Crippen LogP contribution in [0.3, 0.4) is 0 Å². The van der Waals surface area contributed by atoms with Crippen molar-refractivity contribution >= 4 is 22.1 Å². The molecule has 0 spiro atoms. The molecule has 0 saturated heterocycles. The van der Waals surface area contributed by atoms with E-state index in [0.717, 1.165) is 27.8 Å². The number of hydrogen-bond acceptors (Lipinski definition) is 4. The van der Waals surface area contributed by atoms with Crippen molar-refractivity contribution in [2.75, 3.05) is 11.1 Å². The molecule has 2 heterocycles. The molecule has 4 heteroatoms. The summed E-state index contributed by atoms with van der Waals surface area (Å²) in [6.07, 6.45) is 5.39. The third-order valence-corrected chi connectivity index (χ3v) is 3.36. The first-order valence-electron chi connectivity index (χ1n) is 6.55. The van der Waals surface area contributed by atoms with Crippen LogP contribution in [0.25, 0.3) is 10.8 Å². The van der Waals surface area contributed by atoms with Gasteiger partial charge in [-0.15, -0.1) is 0 Å². The molecule has 3 rings (SSSR count). The van der Waals surface area contributed by atoms with E-state index in [2.05, 4.69) is 22.2 Å². The van der Waals surface area contributed by atoms with Gasteiger partial charge in [0.15, 0.2) is 0 Å². The van der Waals surface area contributed by atoms with Crippen LogP contribution in [0.2, 0.25) is 0 Å². The van der Waals surface area contributed by atoms with Gasteiger partial charge in [-0.2, -0.15) is 0 Å². The van der Waals surface area contributed by atoms with Crippen molar-refractivity contribution in [3.8, 4) is 0 Å². The minimum Gasteiger partial charge on any atom is -0.398 e. The van der Waals surface area contributed by atoms with Crippen LogP contribution in [0.15, 0.2) is 55.0 Å². The van der Waals surface area contributed by atoms with Gasteiger partial charge >= 0.3 is 0 Å². The van der Waals surface area contributed by atoms with Crippen LogP contribution in [0.4, 0.5) is 11.4 Å². The number of nitrogens with zero attached hydrogens (tertiary/aromatic N) is 2. The predicted molar refractivity (Wildman–Crippen MR) is 82.4 cm³/mol. The minimum atomic E-state index is 0.114. The Labute approximate surface area is 117 Å². The van der Waals surface area contributed by atoms with Gasteiger partial charge in [-0.1, -0.05) is 6.07 Å². The molecule has 2 aromatic heterocycles. The standard InChI is InChI=1S/C16H16N4/c1-11(15-4-2-3-8-19-15)20-16-6-5-14(17)12-7-9-18-10-13(12)16/h2-11,20H,17H2,1H3. The molecule has 20 heavy (non-hydrogen) atoms. The first-order valence-corrected chi connectivity index (χ1v) is 6.55. The molecule has 1 atom stereocenters. The van der Waals surface area contributed by atoms with Gasteiger partial charge in [0.1, 0.15) is 0 Å². The summed E-state index contributed by atoms with van der Waals surface area (Å²) in [6, 6.07) is 11.9. The van der Waals surface area contributed by atoms with Crippen LogP contribution in [-0.4, -0.2) is 9.97 Å². The topological polar surface area (TPSA) is 63.8 Å². The molecule has 100 valence electrons. The summed E-state index contributed by atoms with van der Waals surface area (Å²) in [7, 11) is 0. The molecule has 4 nitrogen and oxygen atoms in total. The minimum absolute atomic E-state index is 0.114. The zero-order valence-corrected chi connectivity index (χ0v) is 11.2. The maximum Gasteiger partial charge on any atom is 0.0657 e. The lowest BCUT2D eigenvalue weighted by Crippen LogP contribution is -2.08. The molecular weight excluding hydrogens is 248 g/mol. The lowest BCUT2D eigenvalue weighted by molar-refractivity contribution is 0.841. The molecule has 0 saturated carbocycles. The summed E-state index contributed by atoms with van der Waals surface area (Å²) in [5.41, 5.74) is 8.78. The molecule has 0 aliphatic rings. The fourth-order valence-corrected chi connectivity index (χ4v) is 2.28. The highest BCUT2D eigenvalue weighted by Crippen LogP contribution is 2.29. The summed E-state index contributed by atoms with van der Waals surface area (Å²) >= 11 is 0. The number of nitrogens with two attached hydrogens (primary N) is 1. The van der Waals surface area contributed by atoms with Crippen LogP contribution in [0, 0.1) is 0 Å². The number of nitrogens with one attached hydrogen (secondary N) is 1. The van der Waals surface area contributed by atoms with Crippen molar-refractivity contribution in [2.45, 2.75) is 13.0 Å². The smallest absolute Gasteiger partial charge is 0.0657 e. The first kappa shape index (κ1) is 12.4. The van der Waals surface area contributed by atoms with Gasteiger partial charge in [-0.25, -0.2) is 0 Å². The SMILES string of the molecule is CC(Nc1ccc(N)c2ccncc12)c1ccccn1. The lowest BCUT2D eigenvalue weighted by atomic mass is 10.1. The van der Waals surface area contributed by atoms with Crippen LogP contribution in [-0.2, 0) is 0 Å². The van der Waals surface area contributed by atoms with E-state index < -0.39 is 0 Å². The number of rotatable bonds is 3. The normalized spacial score (nSPS) is 12.2. The number of anilines is 2.